The van der Waals surface area contributed by atoms with Gasteiger partial charge < -0.3 is 5.73 Å². The number of hydrogen-bond acceptors (Lipinski definition) is 1. The van der Waals surface area contributed by atoms with Crippen molar-refractivity contribution < 1.29 is 0 Å². The zero-order valence-electron chi connectivity index (χ0n) is 6.48. The summed E-state index contributed by atoms with van der Waals surface area (Å²) >= 11 is 9.42. The summed E-state index contributed by atoms with van der Waals surface area (Å²) in [5.74, 6) is 0. The average molecular weight is 247 g/mol. The Morgan fingerprint density at radius 1 is 1.42 bits per heavy atom. The molecule has 0 heterocycles. The Morgan fingerprint density at radius 3 is 2.67 bits per heavy atom. The molecule has 0 atom stereocenters. The maximum Gasteiger partial charge on any atom is 0.0457 e. The molecule has 0 radical (unpaired) electrons. The first kappa shape index (κ1) is 8.54. The fraction of sp³-hybridized carbons (Fsp3) is 0.333. The van der Waals surface area contributed by atoms with Crippen molar-refractivity contribution in [2.75, 3.05) is 0 Å². The summed E-state index contributed by atoms with van der Waals surface area (Å²) in [4.78, 5) is 0. The van der Waals surface area contributed by atoms with E-state index in [1.807, 2.05) is 18.2 Å². The van der Waals surface area contributed by atoms with Crippen LogP contribution in [-0.4, -0.2) is 0 Å². The highest BCUT2D eigenvalue weighted by molar-refractivity contribution is 9.10. The van der Waals surface area contributed by atoms with Crippen LogP contribution in [0.2, 0.25) is 5.02 Å². The highest BCUT2D eigenvalue weighted by atomic mass is 79.9. The van der Waals surface area contributed by atoms with Gasteiger partial charge in [0.1, 0.15) is 0 Å². The molecule has 0 aliphatic heterocycles. The highest BCUT2D eigenvalue weighted by Gasteiger charge is 2.41. The minimum absolute atomic E-state index is 0.138. The van der Waals surface area contributed by atoms with E-state index in [4.69, 9.17) is 17.3 Å². The van der Waals surface area contributed by atoms with Crippen molar-refractivity contribution in [1.29, 1.82) is 0 Å². The minimum Gasteiger partial charge on any atom is -0.321 e. The molecule has 1 aliphatic carbocycles. The summed E-state index contributed by atoms with van der Waals surface area (Å²) in [6.45, 7) is 0. The van der Waals surface area contributed by atoms with Gasteiger partial charge in [-0.3, -0.25) is 0 Å². The van der Waals surface area contributed by atoms with Crippen LogP contribution in [0.4, 0.5) is 0 Å². The van der Waals surface area contributed by atoms with Crippen molar-refractivity contribution in [3.8, 4) is 0 Å². The van der Waals surface area contributed by atoms with Crippen LogP contribution in [0, 0.1) is 0 Å². The number of halogens is 2. The predicted octanol–water partition coefficient (Wildman–Crippen LogP) is 3.05. The lowest BCUT2D eigenvalue weighted by Gasteiger charge is -2.11. The molecule has 1 aromatic carbocycles. The van der Waals surface area contributed by atoms with E-state index >= 15 is 0 Å². The second-order valence-electron chi connectivity index (χ2n) is 3.28. The van der Waals surface area contributed by atoms with Gasteiger partial charge in [-0.15, -0.1) is 0 Å². The molecule has 64 valence electrons. The lowest BCUT2D eigenvalue weighted by atomic mass is 10.1. The van der Waals surface area contributed by atoms with E-state index in [0.29, 0.717) is 0 Å². The maximum absolute atomic E-state index is 6.03. The average Bonchev–Trinajstić information content (AvgIpc) is 2.75. The van der Waals surface area contributed by atoms with Gasteiger partial charge in [0, 0.05) is 15.0 Å². The summed E-state index contributed by atoms with van der Waals surface area (Å²) in [6.07, 6.45) is 2.09. The van der Waals surface area contributed by atoms with Crippen LogP contribution in [0.15, 0.2) is 22.7 Å². The number of hydrogen-bond donors (Lipinski definition) is 1. The molecule has 12 heavy (non-hydrogen) atoms. The Balaban J connectivity index is 2.48. The molecule has 0 bridgehead atoms. The van der Waals surface area contributed by atoms with Crippen molar-refractivity contribution in [2.45, 2.75) is 18.4 Å². The van der Waals surface area contributed by atoms with E-state index in [-0.39, 0.29) is 5.54 Å². The lowest BCUT2D eigenvalue weighted by Crippen LogP contribution is -2.19. The van der Waals surface area contributed by atoms with Crippen molar-refractivity contribution in [3.05, 3.63) is 33.3 Å². The first-order chi connectivity index (χ1) is 5.62. The summed E-state index contributed by atoms with van der Waals surface area (Å²) in [7, 11) is 0. The molecule has 1 aromatic rings. The lowest BCUT2D eigenvalue weighted by molar-refractivity contribution is 0.740. The fourth-order valence-electron chi connectivity index (χ4n) is 1.28. The smallest absolute Gasteiger partial charge is 0.0457 e. The maximum atomic E-state index is 6.03. The Labute approximate surface area is 85.0 Å². The third-order valence-corrected chi connectivity index (χ3v) is 3.08. The first-order valence-corrected chi connectivity index (χ1v) is 5.03. The van der Waals surface area contributed by atoms with Crippen LogP contribution in [0.3, 0.4) is 0 Å². The zero-order valence-corrected chi connectivity index (χ0v) is 8.82. The van der Waals surface area contributed by atoms with Crippen LogP contribution in [-0.2, 0) is 5.54 Å². The fourth-order valence-corrected chi connectivity index (χ4v) is 1.95. The Hall–Kier alpha value is -0.0500. The van der Waals surface area contributed by atoms with Gasteiger partial charge in [0.2, 0.25) is 0 Å². The summed E-state index contributed by atoms with van der Waals surface area (Å²) in [6, 6.07) is 5.82. The quantitative estimate of drug-likeness (QED) is 0.810. The second-order valence-corrected chi connectivity index (χ2v) is 4.60. The van der Waals surface area contributed by atoms with E-state index < -0.39 is 0 Å². The van der Waals surface area contributed by atoms with Crippen LogP contribution in [0.1, 0.15) is 18.4 Å². The van der Waals surface area contributed by atoms with Crippen LogP contribution in [0.5, 0.6) is 0 Å². The van der Waals surface area contributed by atoms with E-state index in [1.165, 1.54) is 0 Å². The van der Waals surface area contributed by atoms with Crippen LogP contribution in [0.25, 0.3) is 0 Å². The van der Waals surface area contributed by atoms with Crippen LogP contribution >= 0.6 is 27.5 Å². The van der Waals surface area contributed by atoms with E-state index in [2.05, 4.69) is 15.9 Å². The molecule has 1 fully saturated rings. The molecule has 1 aliphatic rings. The molecule has 0 spiro atoms. The minimum atomic E-state index is -0.138. The molecule has 3 heteroatoms. The van der Waals surface area contributed by atoms with Gasteiger partial charge in [-0.25, -0.2) is 0 Å². The van der Waals surface area contributed by atoms with Gasteiger partial charge in [-0.2, -0.15) is 0 Å². The highest BCUT2D eigenvalue weighted by Crippen LogP contribution is 2.46. The van der Waals surface area contributed by atoms with Gasteiger partial charge in [-0.05, 0) is 36.6 Å². The Morgan fingerprint density at radius 2 is 2.08 bits per heavy atom. The molecule has 2 rings (SSSR count). The molecule has 0 amide bonds. The number of rotatable bonds is 1. The first-order valence-electron chi connectivity index (χ1n) is 3.86. The Bertz CT molecular complexity index is 320. The third kappa shape index (κ3) is 1.39. The van der Waals surface area contributed by atoms with Gasteiger partial charge >= 0.3 is 0 Å². The largest absolute Gasteiger partial charge is 0.321 e. The van der Waals surface area contributed by atoms with Crippen molar-refractivity contribution >= 4 is 27.5 Å². The summed E-state index contributed by atoms with van der Waals surface area (Å²) in [5, 5.41) is 0.776. The van der Waals surface area contributed by atoms with Crippen molar-refractivity contribution in [3.63, 3.8) is 0 Å². The van der Waals surface area contributed by atoms with Gasteiger partial charge in [0.05, 0.1) is 0 Å². The molecular formula is C9H9BrClN. The number of nitrogens with two attached hydrogens (primary N) is 1. The molecule has 2 N–H and O–H groups in total. The van der Waals surface area contributed by atoms with E-state index in [9.17, 15) is 0 Å². The van der Waals surface area contributed by atoms with E-state index in [1.54, 1.807) is 0 Å². The molecule has 0 unspecified atom stereocenters. The van der Waals surface area contributed by atoms with Crippen molar-refractivity contribution in [2.24, 2.45) is 5.73 Å². The number of benzene rings is 1. The normalized spacial score (nSPS) is 19.2. The standard InChI is InChI=1S/C9H9BrClN/c10-6-1-2-8(11)7(5-6)9(12)3-4-9/h1-2,5H,3-4,12H2. The van der Waals surface area contributed by atoms with Crippen molar-refractivity contribution in [1.82, 2.24) is 0 Å². The molecule has 0 saturated heterocycles. The topological polar surface area (TPSA) is 26.0 Å². The van der Waals surface area contributed by atoms with Gasteiger partial charge in [0.15, 0.2) is 0 Å². The molecular weight excluding hydrogens is 237 g/mol. The monoisotopic (exact) mass is 245 g/mol. The van der Waals surface area contributed by atoms with Crippen LogP contribution < -0.4 is 5.73 Å². The molecule has 1 nitrogen and oxygen atoms in total. The molecule has 1 saturated carbocycles. The zero-order chi connectivity index (χ0) is 8.77. The summed E-state index contributed by atoms with van der Waals surface area (Å²) in [5.41, 5.74) is 6.96. The van der Waals surface area contributed by atoms with E-state index in [0.717, 1.165) is 27.9 Å². The predicted molar refractivity (Wildman–Crippen MR) is 54.3 cm³/mol. The second kappa shape index (κ2) is 2.72. The molecule has 0 aromatic heterocycles. The van der Waals surface area contributed by atoms with Gasteiger partial charge in [-0.1, -0.05) is 27.5 Å². The van der Waals surface area contributed by atoms with Gasteiger partial charge in [0.25, 0.3) is 0 Å². The third-order valence-electron chi connectivity index (χ3n) is 2.25. The Kier molecular flexibility index (Phi) is 1.94. The summed E-state index contributed by atoms with van der Waals surface area (Å²) < 4.78 is 1.04. The SMILES string of the molecule is NC1(c2cc(Br)ccc2Cl)CC1.